The lowest BCUT2D eigenvalue weighted by atomic mass is 9.98. The predicted octanol–water partition coefficient (Wildman–Crippen LogP) is 3.95. The van der Waals surface area contributed by atoms with Crippen LogP contribution in [0.15, 0.2) is 42.7 Å². The largest absolute Gasteiger partial charge is 0.264 e. The Bertz CT molecular complexity index is 466. The van der Waals surface area contributed by atoms with Crippen LogP contribution in [0.2, 0.25) is 0 Å². The molecule has 0 aliphatic rings. The molecular weight excluding hydrogens is 250 g/mol. The van der Waals surface area contributed by atoms with Crippen LogP contribution >= 0.6 is 15.9 Å². The number of benzene rings is 1. The number of aromatic nitrogens is 1. The first-order valence-electron chi connectivity index (χ1n) is 4.88. The van der Waals surface area contributed by atoms with Crippen LogP contribution < -0.4 is 0 Å². The molecule has 1 nitrogen and oxygen atoms in total. The SMILES string of the molecule is Cc1ccccc1-c1ccncc1CBr. The van der Waals surface area contributed by atoms with Crippen LogP contribution in [0.3, 0.4) is 0 Å². The molecule has 2 aromatic rings. The van der Waals surface area contributed by atoms with Gasteiger partial charge in [-0.1, -0.05) is 40.2 Å². The second-order valence-electron chi connectivity index (χ2n) is 3.48. The van der Waals surface area contributed by atoms with Crippen molar-refractivity contribution in [2.45, 2.75) is 12.3 Å². The zero-order valence-corrected chi connectivity index (χ0v) is 10.2. The molecule has 0 N–H and O–H groups in total. The van der Waals surface area contributed by atoms with Gasteiger partial charge in [0.2, 0.25) is 0 Å². The third kappa shape index (κ3) is 2.10. The minimum Gasteiger partial charge on any atom is -0.264 e. The maximum Gasteiger partial charge on any atom is 0.0314 e. The van der Waals surface area contributed by atoms with Gasteiger partial charge < -0.3 is 0 Å². The van der Waals surface area contributed by atoms with Crippen molar-refractivity contribution in [1.29, 1.82) is 0 Å². The van der Waals surface area contributed by atoms with Gasteiger partial charge in [-0.2, -0.15) is 0 Å². The molecule has 1 aromatic carbocycles. The monoisotopic (exact) mass is 261 g/mol. The number of rotatable bonds is 2. The molecule has 2 heteroatoms. The van der Waals surface area contributed by atoms with Gasteiger partial charge >= 0.3 is 0 Å². The summed E-state index contributed by atoms with van der Waals surface area (Å²) in [5.74, 6) is 0. The number of pyridine rings is 1. The molecule has 0 aliphatic carbocycles. The van der Waals surface area contributed by atoms with Crippen LogP contribution in [0.25, 0.3) is 11.1 Å². The van der Waals surface area contributed by atoms with E-state index in [1.54, 1.807) is 0 Å². The molecule has 0 fully saturated rings. The maximum absolute atomic E-state index is 4.14. The van der Waals surface area contributed by atoms with Gasteiger partial charge in [0.25, 0.3) is 0 Å². The van der Waals surface area contributed by atoms with E-state index < -0.39 is 0 Å². The molecule has 0 aliphatic heterocycles. The van der Waals surface area contributed by atoms with Gasteiger partial charge in [0.15, 0.2) is 0 Å². The van der Waals surface area contributed by atoms with Crippen molar-refractivity contribution < 1.29 is 0 Å². The van der Waals surface area contributed by atoms with E-state index in [-0.39, 0.29) is 0 Å². The van der Waals surface area contributed by atoms with E-state index in [0.717, 1.165) is 5.33 Å². The first-order chi connectivity index (χ1) is 7.33. The van der Waals surface area contributed by atoms with Crippen molar-refractivity contribution >= 4 is 15.9 Å². The average molecular weight is 262 g/mol. The zero-order valence-electron chi connectivity index (χ0n) is 8.57. The topological polar surface area (TPSA) is 12.9 Å². The van der Waals surface area contributed by atoms with Gasteiger partial charge in [-0.3, -0.25) is 4.98 Å². The van der Waals surface area contributed by atoms with Gasteiger partial charge in [-0.15, -0.1) is 0 Å². The quantitative estimate of drug-likeness (QED) is 0.747. The molecule has 1 heterocycles. The van der Waals surface area contributed by atoms with Gasteiger partial charge in [0.1, 0.15) is 0 Å². The van der Waals surface area contributed by atoms with Gasteiger partial charge in [0, 0.05) is 17.7 Å². The molecule has 2 rings (SSSR count). The fourth-order valence-electron chi connectivity index (χ4n) is 1.67. The highest BCUT2D eigenvalue weighted by Crippen LogP contribution is 2.27. The van der Waals surface area contributed by atoms with E-state index >= 15 is 0 Å². The summed E-state index contributed by atoms with van der Waals surface area (Å²) < 4.78 is 0. The Morgan fingerprint density at radius 2 is 1.93 bits per heavy atom. The highest BCUT2D eigenvalue weighted by molar-refractivity contribution is 9.08. The van der Waals surface area contributed by atoms with E-state index in [2.05, 4.69) is 58.2 Å². The number of hydrogen-bond donors (Lipinski definition) is 0. The van der Waals surface area contributed by atoms with E-state index in [9.17, 15) is 0 Å². The van der Waals surface area contributed by atoms with Crippen molar-refractivity contribution in [3.63, 3.8) is 0 Å². The van der Waals surface area contributed by atoms with Crippen molar-refractivity contribution in [3.8, 4) is 11.1 Å². The van der Waals surface area contributed by atoms with Crippen LogP contribution in [0, 0.1) is 6.92 Å². The summed E-state index contributed by atoms with van der Waals surface area (Å²) in [6, 6.07) is 10.5. The van der Waals surface area contributed by atoms with E-state index in [1.807, 2.05) is 12.4 Å². The van der Waals surface area contributed by atoms with Crippen LogP contribution in [-0.4, -0.2) is 4.98 Å². The fraction of sp³-hybridized carbons (Fsp3) is 0.154. The van der Waals surface area contributed by atoms with Crippen LogP contribution in [0.5, 0.6) is 0 Å². The summed E-state index contributed by atoms with van der Waals surface area (Å²) >= 11 is 3.49. The molecule has 0 radical (unpaired) electrons. The zero-order chi connectivity index (χ0) is 10.7. The van der Waals surface area contributed by atoms with Crippen LogP contribution in [0.4, 0.5) is 0 Å². The van der Waals surface area contributed by atoms with Crippen molar-refractivity contribution in [3.05, 3.63) is 53.9 Å². The molecule has 76 valence electrons. The fourth-order valence-corrected chi connectivity index (χ4v) is 2.12. The first-order valence-corrected chi connectivity index (χ1v) is 6.00. The first kappa shape index (κ1) is 10.4. The molecule has 0 amide bonds. The van der Waals surface area contributed by atoms with Crippen LogP contribution in [-0.2, 0) is 5.33 Å². The maximum atomic E-state index is 4.14. The summed E-state index contributed by atoms with van der Waals surface area (Å²) in [7, 11) is 0. The lowest BCUT2D eigenvalue weighted by Gasteiger charge is -2.09. The minimum atomic E-state index is 0.838. The summed E-state index contributed by atoms with van der Waals surface area (Å²) in [5.41, 5.74) is 5.08. The molecule has 0 spiro atoms. The van der Waals surface area contributed by atoms with Crippen molar-refractivity contribution in [2.24, 2.45) is 0 Å². The number of nitrogens with zero attached hydrogens (tertiary/aromatic N) is 1. The molecule has 0 saturated heterocycles. The molecule has 0 bridgehead atoms. The molecule has 15 heavy (non-hydrogen) atoms. The van der Waals surface area contributed by atoms with Crippen molar-refractivity contribution in [1.82, 2.24) is 4.98 Å². The van der Waals surface area contributed by atoms with Crippen LogP contribution in [0.1, 0.15) is 11.1 Å². The Morgan fingerprint density at radius 1 is 1.13 bits per heavy atom. The second-order valence-corrected chi connectivity index (χ2v) is 4.04. The summed E-state index contributed by atoms with van der Waals surface area (Å²) in [4.78, 5) is 4.14. The Hall–Kier alpha value is -1.15. The molecular formula is C13H12BrN. The minimum absolute atomic E-state index is 0.838. The van der Waals surface area contributed by atoms with Crippen molar-refractivity contribution in [2.75, 3.05) is 0 Å². The number of alkyl halides is 1. The second kappa shape index (κ2) is 4.58. The Kier molecular flexibility index (Phi) is 3.17. The third-order valence-corrected chi connectivity index (χ3v) is 3.09. The van der Waals surface area contributed by atoms with E-state index in [0.29, 0.717) is 0 Å². The lowest BCUT2D eigenvalue weighted by molar-refractivity contribution is 1.25. The Balaban J connectivity index is 2.59. The summed E-state index contributed by atoms with van der Waals surface area (Å²) in [5, 5.41) is 0.838. The lowest BCUT2D eigenvalue weighted by Crippen LogP contribution is -1.89. The highest BCUT2D eigenvalue weighted by atomic mass is 79.9. The third-order valence-electron chi connectivity index (χ3n) is 2.48. The number of hydrogen-bond acceptors (Lipinski definition) is 1. The summed E-state index contributed by atoms with van der Waals surface area (Å²) in [6.07, 6.45) is 3.75. The van der Waals surface area contributed by atoms with Gasteiger partial charge in [0.05, 0.1) is 0 Å². The number of aryl methyl sites for hydroxylation is 1. The predicted molar refractivity (Wildman–Crippen MR) is 67.0 cm³/mol. The number of halogens is 1. The molecule has 0 atom stereocenters. The Morgan fingerprint density at radius 3 is 2.67 bits per heavy atom. The van der Waals surface area contributed by atoms with Gasteiger partial charge in [-0.25, -0.2) is 0 Å². The highest BCUT2D eigenvalue weighted by Gasteiger charge is 2.05. The molecule has 1 aromatic heterocycles. The smallest absolute Gasteiger partial charge is 0.0314 e. The molecule has 0 saturated carbocycles. The average Bonchev–Trinajstić information content (AvgIpc) is 2.30. The molecule has 0 unspecified atom stereocenters. The standard InChI is InChI=1S/C13H12BrN/c1-10-4-2-3-5-12(10)13-6-7-15-9-11(13)8-14/h2-7,9H,8H2,1H3. The normalized spacial score (nSPS) is 10.3. The summed E-state index contributed by atoms with van der Waals surface area (Å²) in [6.45, 7) is 2.13. The Labute approximate surface area is 98.3 Å². The van der Waals surface area contributed by atoms with Gasteiger partial charge in [-0.05, 0) is 35.2 Å². The van der Waals surface area contributed by atoms with E-state index in [1.165, 1.54) is 22.3 Å². The van der Waals surface area contributed by atoms with E-state index in [4.69, 9.17) is 0 Å².